The van der Waals surface area contributed by atoms with Crippen molar-refractivity contribution in [1.29, 1.82) is 0 Å². The molecule has 0 saturated heterocycles. The molecule has 1 N–H and O–H groups in total. The van der Waals surface area contributed by atoms with Crippen LogP contribution in [0, 0.1) is 0 Å². The fourth-order valence-corrected chi connectivity index (χ4v) is 1.40. The molecule has 1 heterocycles. The van der Waals surface area contributed by atoms with Gasteiger partial charge in [-0.15, -0.1) is 5.10 Å². The number of rotatable bonds is 4. The first-order valence-corrected chi connectivity index (χ1v) is 5.53. The third-order valence-corrected chi connectivity index (χ3v) is 2.12. The average Bonchev–Trinajstić information content (AvgIpc) is 2.78. The molecule has 6 heteroatoms. The van der Waals surface area contributed by atoms with Crippen LogP contribution in [0.3, 0.4) is 0 Å². The van der Waals surface area contributed by atoms with Crippen LogP contribution in [0.15, 0.2) is 28.7 Å². The van der Waals surface area contributed by atoms with Gasteiger partial charge in [0.05, 0.1) is 6.61 Å². The van der Waals surface area contributed by atoms with Crippen molar-refractivity contribution in [3.63, 3.8) is 0 Å². The minimum atomic E-state index is -0.253. The van der Waals surface area contributed by atoms with E-state index in [-0.39, 0.29) is 11.9 Å². The molecule has 0 aliphatic heterocycles. The lowest BCUT2D eigenvalue weighted by molar-refractivity contribution is -0.114. The van der Waals surface area contributed by atoms with Crippen LogP contribution in [0.1, 0.15) is 13.8 Å². The maximum absolute atomic E-state index is 10.8. The first-order chi connectivity index (χ1) is 8.69. The third-order valence-electron chi connectivity index (χ3n) is 2.12. The van der Waals surface area contributed by atoms with E-state index in [4.69, 9.17) is 9.15 Å². The lowest BCUT2D eigenvalue weighted by atomic mass is 10.2. The van der Waals surface area contributed by atoms with E-state index in [0.717, 1.165) is 11.3 Å². The van der Waals surface area contributed by atoms with Crippen LogP contribution in [0.5, 0.6) is 5.75 Å². The summed E-state index contributed by atoms with van der Waals surface area (Å²) in [5, 5.41) is 9.98. The normalized spacial score (nSPS) is 10.1. The van der Waals surface area contributed by atoms with E-state index in [1.165, 1.54) is 6.92 Å². The van der Waals surface area contributed by atoms with Gasteiger partial charge < -0.3 is 9.15 Å². The molecule has 0 radical (unpaired) electrons. The van der Waals surface area contributed by atoms with Gasteiger partial charge in [0.1, 0.15) is 5.75 Å². The predicted octanol–water partition coefficient (Wildman–Crippen LogP) is 2.09. The van der Waals surface area contributed by atoms with Crippen molar-refractivity contribution in [2.45, 2.75) is 13.8 Å². The number of hydrogen-bond acceptors (Lipinski definition) is 5. The van der Waals surface area contributed by atoms with Crippen LogP contribution in [0.2, 0.25) is 0 Å². The molecule has 6 nitrogen and oxygen atoms in total. The highest BCUT2D eigenvalue weighted by atomic mass is 16.5. The van der Waals surface area contributed by atoms with Gasteiger partial charge in [-0.25, -0.2) is 0 Å². The van der Waals surface area contributed by atoms with Gasteiger partial charge in [0.15, 0.2) is 0 Å². The van der Waals surface area contributed by atoms with E-state index in [1.54, 1.807) is 0 Å². The number of anilines is 1. The number of benzene rings is 1. The molecule has 0 aliphatic carbocycles. The number of ether oxygens (including phenoxy) is 1. The van der Waals surface area contributed by atoms with E-state index in [0.29, 0.717) is 12.5 Å². The molecule has 1 amide bonds. The van der Waals surface area contributed by atoms with E-state index in [2.05, 4.69) is 15.5 Å². The van der Waals surface area contributed by atoms with E-state index >= 15 is 0 Å². The van der Waals surface area contributed by atoms with Gasteiger partial charge in [0, 0.05) is 12.5 Å². The molecule has 1 aromatic heterocycles. The average molecular weight is 247 g/mol. The molecule has 0 aliphatic rings. The lowest BCUT2D eigenvalue weighted by Crippen LogP contribution is -2.05. The standard InChI is InChI=1S/C12H13N3O3/c1-3-17-10-6-4-9(5-7-10)11-14-15-12(18-11)13-8(2)16/h4-7H,3H2,1-2H3,(H,13,15,16). The van der Waals surface area contributed by atoms with Gasteiger partial charge in [0.2, 0.25) is 11.8 Å². The molecule has 0 fully saturated rings. The summed E-state index contributed by atoms with van der Waals surface area (Å²) >= 11 is 0. The summed E-state index contributed by atoms with van der Waals surface area (Å²) in [6.45, 7) is 3.92. The molecule has 2 rings (SSSR count). The smallest absolute Gasteiger partial charge is 0.322 e. The Hall–Kier alpha value is -2.37. The number of hydrogen-bond donors (Lipinski definition) is 1. The lowest BCUT2D eigenvalue weighted by Gasteiger charge is -2.02. The number of aromatic nitrogens is 2. The summed E-state index contributed by atoms with van der Waals surface area (Å²) in [6, 6.07) is 7.36. The highest BCUT2D eigenvalue weighted by molar-refractivity contribution is 5.86. The topological polar surface area (TPSA) is 77.3 Å². The molecular weight excluding hydrogens is 234 g/mol. The zero-order valence-corrected chi connectivity index (χ0v) is 10.1. The molecule has 0 bridgehead atoms. The van der Waals surface area contributed by atoms with Crippen molar-refractivity contribution in [1.82, 2.24) is 10.2 Å². The summed E-state index contributed by atoms with van der Waals surface area (Å²) in [5.74, 6) is 0.876. The summed E-state index contributed by atoms with van der Waals surface area (Å²) in [4.78, 5) is 10.8. The van der Waals surface area contributed by atoms with Crippen molar-refractivity contribution < 1.29 is 13.9 Å². The molecular formula is C12H13N3O3. The molecule has 2 aromatic rings. The second-order valence-corrected chi connectivity index (χ2v) is 3.55. The molecule has 94 valence electrons. The SMILES string of the molecule is CCOc1ccc(-c2nnc(NC(C)=O)o2)cc1. The highest BCUT2D eigenvalue weighted by Gasteiger charge is 2.09. The molecule has 18 heavy (non-hydrogen) atoms. The Bertz CT molecular complexity index is 534. The quantitative estimate of drug-likeness (QED) is 0.895. The fourth-order valence-electron chi connectivity index (χ4n) is 1.40. The Labute approximate surface area is 104 Å². The van der Waals surface area contributed by atoms with E-state index in [9.17, 15) is 4.79 Å². The summed E-state index contributed by atoms with van der Waals surface area (Å²) in [7, 11) is 0. The Kier molecular flexibility index (Phi) is 3.57. The van der Waals surface area contributed by atoms with Crippen LogP contribution >= 0.6 is 0 Å². The van der Waals surface area contributed by atoms with Crippen molar-refractivity contribution in [3.05, 3.63) is 24.3 Å². The van der Waals surface area contributed by atoms with Crippen molar-refractivity contribution in [3.8, 4) is 17.2 Å². The minimum Gasteiger partial charge on any atom is -0.494 e. The molecule has 0 atom stereocenters. The van der Waals surface area contributed by atoms with Gasteiger partial charge >= 0.3 is 6.01 Å². The molecule has 1 aromatic carbocycles. The van der Waals surface area contributed by atoms with Crippen LogP contribution in [0.25, 0.3) is 11.5 Å². The van der Waals surface area contributed by atoms with Crippen LogP contribution in [-0.4, -0.2) is 22.7 Å². The van der Waals surface area contributed by atoms with E-state index < -0.39 is 0 Å². The zero-order valence-electron chi connectivity index (χ0n) is 10.1. The van der Waals surface area contributed by atoms with Crippen LogP contribution in [0.4, 0.5) is 6.01 Å². The van der Waals surface area contributed by atoms with E-state index in [1.807, 2.05) is 31.2 Å². The fraction of sp³-hybridized carbons (Fsp3) is 0.250. The first-order valence-electron chi connectivity index (χ1n) is 5.53. The monoisotopic (exact) mass is 247 g/mol. The Morgan fingerprint density at radius 2 is 2.06 bits per heavy atom. The number of carbonyl (C=O) groups excluding carboxylic acids is 1. The number of nitrogens with one attached hydrogen (secondary N) is 1. The zero-order chi connectivity index (χ0) is 13.0. The highest BCUT2D eigenvalue weighted by Crippen LogP contribution is 2.22. The Morgan fingerprint density at radius 1 is 1.33 bits per heavy atom. The number of nitrogens with zero attached hydrogens (tertiary/aromatic N) is 2. The predicted molar refractivity (Wildman–Crippen MR) is 65.2 cm³/mol. The van der Waals surface area contributed by atoms with Crippen LogP contribution in [-0.2, 0) is 4.79 Å². The van der Waals surface area contributed by atoms with Gasteiger partial charge in [-0.3, -0.25) is 10.1 Å². The van der Waals surface area contributed by atoms with Crippen molar-refractivity contribution >= 4 is 11.9 Å². The minimum absolute atomic E-state index is 0.0892. The number of amides is 1. The summed E-state index contributed by atoms with van der Waals surface area (Å²) in [5.41, 5.74) is 0.766. The maximum atomic E-state index is 10.8. The second-order valence-electron chi connectivity index (χ2n) is 3.55. The summed E-state index contributed by atoms with van der Waals surface area (Å²) in [6.07, 6.45) is 0. The Balaban J connectivity index is 2.15. The third kappa shape index (κ3) is 2.85. The van der Waals surface area contributed by atoms with Crippen molar-refractivity contribution in [2.24, 2.45) is 0 Å². The number of carbonyl (C=O) groups is 1. The molecule has 0 saturated carbocycles. The largest absolute Gasteiger partial charge is 0.494 e. The van der Waals surface area contributed by atoms with Gasteiger partial charge in [-0.1, -0.05) is 5.10 Å². The van der Waals surface area contributed by atoms with Gasteiger partial charge in [0.25, 0.3) is 0 Å². The first kappa shape index (κ1) is 12.1. The summed E-state index contributed by atoms with van der Waals surface area (Å²) < 4.78 is 10.6. The van der Waals surface area contributed by atoms with Gasteiger partial charge in [-0.2, -0.15) is 0 Å². The molecule has 0 spiro atoms. The maximum Gasteiger partial charge on any atom is 0.322 e. The van der Waals surface area contributed by atoms with Crippen molar-refractivity contribution in [2.75, 3.05) is 11.9 Å². The Morgan fingerprint density at radius 3 is 2.67 bits per heavy atom. The second kappa shape index (κ2) is 5.31. The van der Waals surface area contributed by atoms with Crippen LogP contribution < -0.4 is 10.1 Å². The molecule has 0 unspecified atom stereocenters. The van der Waals surface area contributed by atoms with Gasteiger partial charge in [-0.05, 0) is 31.2 Å².